The lowest BCUT2D eigenvalue weighted by Gasteiger charge is -2.39. The summed E-state index contributed by atoms with van der Waals surface area (Å²) in [6.45, 7) is -0.930. The Bertz CT molecular complexity index is 706. The molecule has 2 aliphatic rings. The van der Waals surface area contributed by atoms with E-state index in [1.807, 2.05) is 0 Å². The maximum Gasteiger partial charge on any atom is 0.433 e. The predicted octanol–water partition coefficient (Wildman–Crippen LogP) is 5.10. The number of hydrogen-bond donors (Lipinski definition) is 1. The van der Waals surface area contributed by atoms with Crippen LogP contribution < -0.4 is 0 Å². The number of aromatic nitrogens is 1. The number of aliphatic hydroxyl groups excluding tert-OH is 1. The molecule has 31 heavy (non-hydrogen) atoms. The van der Waals surface area contributed by atoms with Gasteiger partial charge in [-0.3, -0.25) is 4.90 Å². The molecule has 3 atom stereocenters. The van der Waals surface area contributed by atoms with Gasteiger partial charge < -0.3 is 9.84 Å². The molecule has 0 aromatic carbocycles. The lowest BCUT2D eigenvalue weighted by Crippen LogP contribution is -2.47. The summed E-state index contributed by atoms with van der Waals surface area (Å²) in [6.07, 6.45) is -5.17. The number of ether oxygens (including phenoxy) is 1. The standard InChI is InChI=1S/C21H28F6N2O2/c22-20(23,24)18-10-3-5-14(28-18)12-29(13-19(30)21(25,26)27)15-6-4-9-17(11-15)31-16-7-1-2-8-16/h3,5,10,15-17,19,30H,1-2,4,6-9,11-13H2. The fourth-order valence-electron chi connectivity index (χ4n) is 4.47. The minimum Gasteiger partial charge on any atom is -0.382 e. The van der Waals surface area contributed by atoms with Gasteiger partial charge in [0.15, 0.2) is 6.10 Å². The van der Waals surface area contributed by atoms with Crippen LogP contribution in [0.15, 0.2) is 18.2 Å². The van der Waals surface area contributed by atoms with Gasteiger partial charge in [0.1, 0.15) is 5.69 Å². The van der Waals surface area contributed by atoms with Crippen molar-refractivity contribution in [3.63, 3.8) is 0 Å². The summed E-state index contributed by atoms with van der Waals surface area (Å²) < 4.78 is 84.2. The van der Waals surface area contributed by atoms with E-state index in [4.69, 9.17) is 4.74 Å². The van der Waals surface area contributed by atoms with Gasteiger partial charge in [0, 0.05) is 19.1 Å². The zero-order chi connectivity index (χ0) is 22.6. The van der Waals surface area contributed by atoms with Crippen LogP contribution in [0.4, 0.5) is 26.3 Å². The highest BCUT2D eigenvalue weighted by Crippen LogP contribution is 2.32. The zero-order valence-corrected chi connectivity index (χ0v) is 17.1. The summed E-state index contributed by atoms with van der Waals surface area (Å²) in [5.41, 5.74) is -1.07. The summed E-state index contributed by atoms with van der Waals surface area (Å²) in [7, 11) is 0. The normalized spacial score (nSPS) is 24.6. The molecule has 2 fully saturated rings. The first-order valence-electron chi connectivity index (χ1n) is 10.7. The molecule has 0 aliphatic heterocycles. The highest BCUT2D eigenvalue weighted by molar-refractivity contribution is 5.14. The fourth-order valence-corrected chi connectivity index (χ4v) is 4.47. The Morgan fingerprint density at radius 2 is 1.68 bits per heavy atom. The molecule has 0 spiro atoms. The average molecular weight is 454 g/mol. The Hall–Kier alpha value is -1.39. The van der Waals surface area contributed by atoms with Crippen LogP contribution in [-0.2, 0) is 17.5 Å². The van der Waals surface area contributed by atoms with Crippen LogP contribution >= 0.6 is 0 Å². The number of alkyl halides is 6. The van der Waals surface area contributed by atoms with Gasteiger partial charge in [-0.15, -0.1) is 0 Å². The Balaban J connectivity index is 1.74. The summed E-state index contributed by atoms with van der Waals surface area (Å²) in [6, 6.07) is 3.03. The average Bonchev–Trinajstić information content (AvgIpc) is 3.19. The Morgan fingerprint density at radius 1 is 1.00 bits per heavy atom. The first-order chi connectivity index (χ1) is 14.5. The van der Waals surface area contributed by atoms with Crippen molar-refractivity contribution in [2.24, 2.45) is 0 Å². The predicted molar refractivity (Wildman–Crippen MR) is 101 cm³/mol. The van der Waals surface area contributed by atoms with Crippen molar-refractivity contribution in [1.82, 2.24) is 9.88 Å². The summed E-state index contributed by atoms with van der Waals surface area (Å²) in [4.78, 5) is 5.00. The van der Waals surface area contributed by atoms with Crippen LogP contribution in [0.2, 0.25) is 0 Å². The summed E-state index contributed by atoms with van der Waals surface area (Å²) in [5, 5.41) is 9.65. The molecule has 1 heterocycles. The van der Waals surface area contributed by atoms with E-state index in [-0.39, 0.29) is 30.5 Å². The van der Waals surface area contributed by atoms with Crippen LogP contribution in [0.1, 0.15) is 62.8 Å². The quantitative estimate of drug-likeness (QED) is 0.583. The molecule has 0 amide bonds. The number of nitrogens with zero attached hydrogens (tertiary/aromatic N) is 2. The molecule has 0 saturated heterocycles. The fraction of sp³-hybridized carbons (Fsp3) is 0.762. The number of halogens is 6. The van der Waals surface area contributed by atoms with Crippen LogP contribution in [0, 0.1) is 0 Å². The van der Waals surface area contributed by atoms with E-state index >= 15 is 0 Å². The van der Waals surface area contributed by atoms with Crippen molar-refractivity contribution in [3.05, 3.63) is 29.6 Å². The second-order valence-corrected chi connectivity index (χ2v) is 8.48. The third-order valence-corrected chi connectivity index (χ3v) is 6.05. The topological polar surface area (TPSA) is 45.6 Å². The maximum absolute atomic E-state index is 13.0. The summed E-state index contributed by atoms with van der Waals surface area (Å²) >= 11 is 0. The second-order valence-electron chi connectivity index (χ2n) is 8.48. The monoisotopic (exact) mass is 454 g/mol. The molecule has 0 radical (unpaired) electrons. The smallest absolute Gasteiger partial charge is 0.382 e. The molecule has 10 heteroatoms. The van der Waals surface area contributed by atoms with Crippen LogP contribution in [-0.4, -0.2) is 52.1 Å². The van der Waals surface area contributed by atoms with Crippen LogP contribution in [0.5, 0.6) is 0 Å². The first-order valence-corrected chi connectivity index (χ1v) is 10.7. The van der Waals surface area contributed by atoms with Gasteiger partial charge in [-0.1, -0.05) is 18.9 Å². The lowest BCUT2D eigenvalue weighted by molar-refractivity contribution is -0.210. The van der Waals surface area contributed by atoms with Crippen molar-refractivity contribution in [2.75, 3.05) is 6.54 Å². The van der Waals surface area contributed by atoms with E-state index in [1.165, 1.54) is 17.0 Å². The third-order valence-electron chi connectivity index (χ3n) is 6.05. The van der Waals surface area contributed by atoms with Gasteiger partial charge in [-0.2, -0.15) is 26.3 Å². The molecule has 1 aromatic heterocycles. The molecule has 176 valence electrons. The first kappa shape index (κ1) is 24.3. The van der Waals surface area contributed by atoms with Crippen molar-refractivity contribution >= 4 is 0 Å². The van der Waals surface area contributed by atoms with E-state index in [0.29, 0.717) is 12.8 Å². The minimum absolute atomic E-state index is 0.0167. The van der Waals surface area contributed by atoms with E-state index in [2.05, 4.69) is 4.98 Å². The Labute approximate surface area is 177 Å². The molecule has 3 rings (SSSR count). The van der Waals surface area contributed by atoms with Crippen molar-refractivity contribution < 1.29 is 36.2 Å². The Kier molecular flexibility index (Phi) is 7.86. The molecule has 4 nitrogen and oxygen atoms in total. The lowest BCUT2D eigenvalue weighted by atomic mass is 9.91. The summed E-state index contributed by atoms with van der Waals surface area (Å²) in [5.74, 6) is 0. The van der Waals surface area contributed by atoms with Crippen LogP contribution in [0.25, 0.3) is 0 Å². The molecule has 2 aliphatic carbocycles. The van der Waals surface area contributed by atoms with Crippen molar-refractivity contribution in [3.8, 4) is 0 Å². The second kappa shape index (κ2) is 10.0. The number of pyridine rings is 1. The zero-order valence-electron chi connectivity index (χ0n) is 17.1. The maximum atomic E-state index is 13.0. The van der Waals surface area contributed by atoms with E-state index in [1.54, 1.807) is 0 Å². The van der Waals surface area contributed by atoms with Crippen LogP contribution in [0.3, 0.4) is 0 Å². The van der Waals surface area contributed by atoms with Gasteiger partial charge >= 0.3 is 12.4 Å². The largest absolute Gasteiger partial charge is 0.433 e. The minimum atomic E-state index is -4.81. The van der Waals surface area contributed by atoms with Gasteiger partial charge in [0.25, 0.3) is 0 Å². The number of rotatable bonds is 7. The molecule has 1 N–H and O–H groups in total. The molecule has 2 saturated carbocycles. The molecular formula is C21H28F6N2O2. The number of aliphatic hydroxyl groups is 1. The van der Waals surface area contributed by atoms with E-state index < -0.39 is 30.7 Å². The van der Waals surface area contributed by atoms with E-state index in [9.17, 15) is 31.4 Å². The van der Waals surface area contributed by atoms with Gasteiger partial charge in [-0.05, 0) is 50.7 Å². The van der Waals surface area contributed by atoms with Gasteiger partial charge in [0.05, 0.1) is 17.9 Å². The number of hydrogen-bond acceptors (Lipinski definition) is 4. The Morgan fingerprint density at radius 3 is 2.32 bits per heavy atom. The molecule has 3 unspecified atom stereocenters. The highest BCUT2D eigenvalue weighted by atomic mass is 19.4. The van der Waals surface area contributed by atoms with E-state index in [0.717, 1.165) is 44.6 Å². The van der Waals surface area contributed by atoms with Gasteiger partial charge in [-0.25, -0.2) is 4.98 Å². The molecule has 0 bridgehead atoms. The highest BCUT2D eigenvalue weighted by Gasteiger charge is 2.41. The van der Waals surface area contributed by atoms with Crippen molar-refractivity contribution in [1.29, 1.82) is 0 Å². The molecular weight excluding hydrogens is 426 g/mol. The third kappa shape index (κ3) is 7.05. The SMILES string of the molecule is OC(CN(Cc1cccc(C(F)(F)F)n1)C1CCCC(OC2CCCC2)C1)C(F)(F)F. The van der Waals surface area contributed by atoms with Crippen molar-refractivity contribution in [2.45, 2.75) is 94.6 Å². The van der Waals surface area contributed by atoms with Gasteiger partial charge in [0.2, 0.25) is 0 Å². The molecule has 1 aromatic rings.